The van der Waals surface area contributed by atoms with Crippen LogP contribution in [0.5, 0.6) is 5.75 Å². The van der Waals surface area contributed by atoms with E-state index in [0.717, 1.165) is 61.2 Å². The van der Waals surface area contributed by atoms with Crippen molar-refractivity contribution in [1.82, 2.24) is 9.80 Å². The highest BCUT2D eigenvalue weighted by atomic mass is 35.5. The fourth-order valence-electron chi connectivity index (χ4n) is 6.16. The van der Waals surface area contributed by atoms with Gasteiger partial charge in [-0.1, -0.05) is 55.1 Å². The van der Waals surface area contributed by atoms with E-state index in [1.165, 1.54) is 53.7 Å². The minimum Gasteiger partial charge on any atom is -0.493 e. The largest absolute Gasteiger partial charge is 0.503 e. The first-order chi connectivity index (χ1) is 19.7. The Bertz CT molecular complexity index is 1210. The normalized spacial score (nSPS) is 17.7. The topological polar surface area (TPSA) is 107 Å². The van der Waals surface area contributed by atoms with Crippen LogP contribution in [0, 0.1) is 5.92 Å². The highest BCUT2D eigenvalue weighted by Crippen LogP contribution is 2.33. The monoisotopic (exact) mass is 584 g/mol. The number of nitrogens with zero attached hydrogens (tertiary/aromatic N) is 2. The lowest BCUT2D eigenvalue weighted by Crippen LogP contribution is -2.32. The van der Waals surface area contributed by atoms with Crippen LogP contribution in [0.25, 0.3) is 0 Å². The molecule has 0 spiro atoms. The molecule has 2 N–H and O–H groups in total. The quantitative estimate of drug-likeness (QED) is 0.298. The Balaban J connectivity index is 0.000000909. The van der Waals surface area contributed by atoms with Gasteiger partial charge in [0.1, 0.15) is 5.75 Å². The summed E-state index contributed by atoms with van der Waals surface area (Å²) in [6.07, 6.45) is 8.07. The first-order valence-corrected chi connectivity index (χ1v) is 15.1. The summed E-state index contributed by atoms with van der Waals surface area (Å²) in [5, 5.41) is 14.7. The number of hydrogen-bond donors (Lipinski definition) is 2. The van der Waals surface area contributed by atoms with Gasteiger partial charge in [-0.05, 0) is 72.9 Å². The molecule has 2 aliphatic heterocycles. The number of carbonyl (C=O) groups is 3. The number of halogens is 1. The van der Waals surface area contributed by atoms with Crippen molar-refractivity contribution >= 4 is 29.6 Å². The number of fused-ring (bicyclic) bond motifs is 1. The van der Waals surface area contributed by atoms with Gasteiger partial charge in [0.05, 0.1) is 6.61 Å². The van der Waals surface area contributed by atoms with E-state index in [2.05, 4.69) is 48.2 Å². The Morgan fingerprint density at radius 3 is 2.44 bits per heavy atom. The number of carbonyl (C=O) groups excluding carboxylic acids is 2. The van der Waals surface area contributed by atoms with Crippen molar-refractivity contribution in [3.63, 3.8) is 0 Å². The molecule has 2 aromatic rings. The molecule has 0 aromatic heterocycles. The SMILES string of the molecule is CC(c1ccc2c(c1)CCO2)N(Cc1ccc(CCCN2C(=O)CCC2=O)c(Cl)c1)CC1CCCCC1.O=C(O)O. The van der Waals surface area contributed by atoms with Crippen molar-refractivity contribution < 1.29 is 29.3 Å². The lowest BCUT2D eigenvalue weighted by Gasteiger charge is -2.34. The second kappa shape index (κ2) is 14.7. The van der Waals surface area contributed by atoms with Crippen LogP contribution < -0.4 is 4.74 Å². The molecule has 1 saturated carbocycles. The van der Waals surface area contributed by atoms with Crippen molar-refractivity contribution in [2.75, 3.05) is 19.7 Å². The van der Waals surface area contributed by atoms with Gasteiger partial charge in [-0.3, -0.25) is 19.4 Å². The van der Waals surface area contributed by atoms with Gasteiger partial charge in [0.25, 0.3) is 0 Å². The molecular formula is C32H41ClN2O6. The van der Waals surface area contributed by atoms with Crippen molar-refractivity contribution in [1.29, 1.82) is 0 Å². The van der Waals surface area contributed by atoms with Crippen molar-refractivity contribution in [2.45, 2.75) is 83.7 Å². The van der Waals surface area contributed by atoms with E-state index in [0.29, 0.717) is 25.4 Å². The minimum atomic E-state index is -1.83. The van der Waals surface area contributed by atoms with Crippen LogP contribution in [0.15, 0.2) is 36.4 Å². The highest BCUT2D eigenvalue weighted by Gasteiger charge is 2.28. The summed E-state index contributed by atoms with van der Waals surface area (Å²) < 4.78 is 5.74. The Hall–Kier alpha value is -3.10. The number of ether oxygens (including phenoxy) is 1. The molecule has 2 amide bonds. The molecule has 0 bridgehead atoms. The van der Waals surface area contributed by atoms with Gasteiger partial charge in [-0.2, -0.15) is 0 Å². The number of rotatable bonds is 10. The molecule has 0 radical (unpaired) electrons. The average molecular weight is 585 g/mol. The fourth-order valence-corrected chi connectivity index (χ4v) is 6.46. The maximum Gasteiger partial charge on any atom is 0.503 e. The zero-order valence-electron chi connectivity index (χ0n) is 23.8. The lowest BCUT2D eigenvalue weighted by molar-refractivity contribution is -0.138. The molecule has 1 atom stereocenters. The molecule has 2 heterocycles. The van der Waals surface area contributed by atoms with E-state index in [4.69, 9.17) is 31.3 Å². The van der Waals surface area contributed by atoms with Crippen molar-refractivity contribution in [3.8, 4) is 5.75 Å². The molecule has 2 fully saturated rings. The number of likely N-dealkylation sites (tertiary alicyclic amines) is 1. The van der Waals surface area contributed by atoms with Gasteiger partial charge in [0.15, 0.2) is 0 Å². The van der Waals surface area contributed by atoms with E-state index in [1.807, 2.05) is 0 Å². The van der Waals surface area contributed by atoms with Crippen LogP contribution in [0.1, 0.15) is 86.6 Å². The first kappa shape index (κ1) is 30.8. The van der Waals surface area contributed by atoms with E-state index in [1.54, 1.807) is 0 Å². The molecule has 222 valence electrons. The minimum absolute atomic E-state index is 0.0467. The van der Waals surface area contributed by atoms with E-state index in [9.17, 15) is 9.59 Å². The Labute approximate surface area is 247 Å². The average Bonchev–Trinajstić information content (AvgIpc) is 3.55. The van der Waals surface area contributed by atoms with E-state index in [-0.39, 0.29) is 11.8 Å². The van der Waals surface area contributed by atoms with Gasteiger partial charge in [-0.25, -0.2) is 4.79 Å². The van der Waals surface area contributed by atoms with E-state index < -0.39 is 6.16 Å². The number of imide groups is 1. The molecule has 41 heavy (non-hydrogen) atoms. The summed E-state index contributed by atoms with van der Waals surface area (Å²) in [5.74, 6) is 1.69. The number of aryl methyl sites for hydroxylation is 1. The molecular weight excluding hydrogens is 544 g/mol. The molecule has 1 unspecified atom stereocenters. The third kappa shape index (κ3) is 8.69. The second-order valence-corrected chi connectivity index (χ2v) is 11.7. The van der Waals surface area contributed by atoms with Gasteiger partial charge in [0.2, 0.25) is 11.8 Å². The predicted molar refractivity (Wildman–Crippen MR) is 157 cm³/mol. The zero-order valence-corrected chi connectivity index (χ0v) is 24.6. The molecule has 5 rings (SSSR count). The molecule has 3 aliphatic rings. The number of benzene rings is 2. The van der Waals surface area contributed by atoms with Crippen LogP contribution >= 0.6 is 11.6 Å². The van der Waals surface area contributed by atoms with Crippen LogP contribution in [-0.2, 0) is 29.0 Å². The molecule has 8 nitrogen and oxygen atoms in total. The smallest absolute Gasteiger partial charge is 0.493 e. The summed E-state index contributed by atoms with van der Waals surface area (Å²) >= 11 is 6.74. The standard InChI is InChI=1S/C31H39ClN2O3.CH2O3/c1-22(26-11-12-29-27(19-26)15-17-37-29)33(20-23-6-3-2-4-7-23)21-24-9-10-25(28(32)18-24)8-5-16-34-30(35)13-14-31(34)36;2-1(3)4/h9-12,18-19,22-23H,2-8,13-17,20-21H2,1H3;(H2,2,3,4). The van der Waals surface area contributed by atoms with Gasteiger partial charge < -0.3 is 14.9 Å². The summed E-state index contributed by atoms with van der Waals surface area (Å²) in [4.78, 5) is 36.3. The zero-order chi connectivity index (χ0) is 29.4. The Morgan fingerprint density at radius 2 is 1.76 bits per heavy atom. The van der Waals surface area contributed by atoms with Gasteiger partial charge >= 0.3 is 6.16 Å². The maximum atomic E-state index is 11.9. The van der Waals surface area contributed by atoms with Crippen LogP contribution in [0.2, 0.25) is 5.02 Å². The van der Waals surface area contributed by atoms with Gasteiger partial charge in [-0.15, -0.1) is 0 Å². The molecule has 1 aliphatic carbocycles. The second-order valence-electron chi connectivity index (χ2n) is 11.3. The third-order valence-corrected chi connectivity index (χ3v) is 8.80. The van der Waals surface area contributed by atoms with Crippen molar-refractivity contribution in [3.05, 3.63) is 63.7 Å². The summed E-state index contributed by atoms with van der Waals surface area (Å²) in [6, 6.07) is 13.5. The summed E-state index contributed by atoms with van der Waals surface area (Å²) in [5.41, 5.74) is 4.99. The third-order valence-electron chi connectivity index (χ3n) is 8.45. The van der Waals surface area contributed by atoms with Crippen LogP contribution in [0.3, 0.4) is 0 Å². The Kier molecular flexibility index (Phi) is 11.1. The molecule has 2 aromatic carbocycles. The first-order valence-electron chi connectivity index (χ1n) is 14.7. The van der Waals surface area contributed by atoms with E-state index >= 15 is 0 Å². The van der Waals surface area contributed by atoms with Gasteiger partial charge in [0, 0.05) is 50.0 Å². The summed E-state index contributed by atoms with van der Waals surface area (Å²) in [6.45, 7) is 5.56. The Morgan fingerprint density at radius 1 is 1.05 bits per heavy atom. The van der Waals surface area contributed by atoms with Crippen molar-refractivity contribution in [2.24, 2.45) is 5.92 Å². The molecule has 9 heteroatoms. The number of hydrogen-bond acceptors (Lipinski definition) is 5. The lowest BCUT2D eigenvalue weighted by atomic mass is 9.88. The fraction of sp³-hybridized carbons (Fsp3) is 0.531. The highest BCUT2D eigenvalue weighted by molar-refractivity contribution is 6.31. The van der Waals surface area contributed by atoms with Crippen LogP contribution in [-0.4, -0.2) is 57.7 Å². The van der Waals surface area contributed by atoms with Crippen LogP contribution in [0.4, 0.5) is 4.79 Å². The maximum absolute atomic E-state index is 11.9. The predicted octanol–water partition coefficient (Wildman–Crippen LogP) is 6.72. The number of carboxylic acid groups (broad SMARTS) is 2. The molecule has 1 saturated heterocycles. The summed E-state index contributed by atoms with van der Waals surface area (Å²) in [7, 11) is 0. The number of amides is 2.